The van der Waals surface area contributed by atoms with Crippen LogP contribution in [0.3, 0.4) is 0 Å². The van der Waals surface area contributed by atoms with Crippen molar-refractivity contribution in [3.8, 4) is 5.75 Å². The van der Waals surface area contributed by atoms with E-state index in [1.165, 1.54) is 0 Å². The predicted molar refractivity (Wildman–Crippen MR) is 143 cm³/mol. The Morgan fingerprint density at radius 1 is 1.06 bits per heavy atom. The Balaban J connectivity index is 1.88. The molecule has 0 aliphatic heterocycles. The van der Waals surface area contributed by atoms with Crippen molar-refractivity contribution < 1.29 is 14.6 Å². The summed E-state index contributed by atoms with van der Waals surface area (Å²) in [5.74, 6) is -0.730. The van der Waals surface area contributed by atoms with Crippen molar-refractivity contribution >= 4 is 56.9 Å². The van der Waals surface area contributed by atoms with Gasteiger partial charge in [0, 0.05) is 6.08 Å². The number of nitrogens with one attached hydrogen (secondary N) is 2. The highest BCUT2D eigenvalue weighted by atomic mass is 32.1. The molecule has 3 aromatic carbocycles. The summed E-state index contributed by atoms with van der Waals surface area (Å²) in [6.45, 7) is 2.09. The molecule has 35 heavy (non-hydrogen) atoms. The molecule has 6 nitrogen and oxygen atoms in total. The average Bonchev–Trinajstić information content (AvgIpc) is 3.34. The highest BCUT2D eigenvalue weighted by molar-refractivity contribution is 7.16. The number of fused-ring (bicyclic) bond motifs is 1. The van der Waals surface area contributed by atoms with Gasteiger partial charge in [-0.05, 0) is 70.2 Å². The maximum absolute atomic E-state index is 10.9. The first-order valence-electron chi connectivity index (χ1n) is 10.9. The van der Waals surface area contributed by atoms with Gasteiger partial charge in [0.25, 0.3) is 0 Å². The van der Waals surface area contributed by atoms with Gasteiger partial charge >= 0.3 is 5.97 Å². The minimum absolute atomic E-state index is 0.233. The largest absolute Gasteiger partial charge is 0.478 e. The topological polar surface area (TPSA) is 107 Å². The summed E-state index contributed by atoms with van der Waals surface area (Å²) in [5, 5.41) is 23.8. The molecule has 174 valence electrons. The molecule has 0 radical (unpaired) electrons. The van der Waals surface area contributed by atoms with Gasteiger partial charge in [0.2, 0.25) is 5.90 Å². The Bertz CT molecular complexity index is 1470. The van der Waals surface area contributed by atoms with E-state index in [4.69, 9.17) is 20.7 Å². The SMILES string of the molecule is CCC(=C(c1ccc(C=CC(=O)O)cc1)c1ccc2scnc2c1)c1cccc(OC(=N)C=N)c1. The third kappa shape index (κ3) is 5.59. The molecule has 0 fully saturated rings. The van der Waals surface area contributed by atoms with Crippen molar-refractivity contribution in [2.75, 3.05) is 0 Å². The van der Waals surface area contributed by atoms with Crippen molar-refractivity contribution in [2.24, 2.45) is 0 Å². The molecule has 0 saturated heterocycles. The monoisotopic (exact) mass is 481 g/mol. The van der Waals surface area contributed by atoms with Crippen LogP contribution in [0.1, 0.15) is 35.6 Å². The molecule has 0 aliphatic rings. The number of ether oxygens (including phenoxy) is 1. The molecule has 0 atom stereocenters. The zero-order valence-corrected chi connectivity index (χ0v) is 19.8. The first-order valence-corrected chi connectivity index (χ1v) is 11.8. The fourth-order valence-electron chi connectivity index (χ4n) is 3.89. The molecule has 1 aromatic heterocycles. The summed E-state index contributed by atoms with van der Waals surface area (Å²) in [7, 11) is 0. The fraction of sp³-hybridized carbons (Fsp3) is 0.0714. The third-order valence-electron chi connectivity index (χ3n) is 5.43. The van der Waals surface area contributed by atoms with Crippen molar-refractivity contribution in [3.63, 3.8) is 0 Å². The lowest BCUT2D eigenvalue weighted by atomic mass is 9.87. The predicted octanol–water partition coefficient (Wildman–Crippen LogP) is 6.77. The van der Waals surface area contributed by atoms with Gasteiger partial charge in [-0.15, -0.1) is 11.3 Å². The number of carboxylic acid groups (broad SMARTS) is 1. The molecule has 4 aromatic rings. The van der Waals surface area contributed by atoms with Crippen LogP contribution in [0.2, 0.25) is 0 Å². The summed E-state index contributed by atoms with van der Waals surface area (Å²) in [4.78, 5) is 15.4. The van der Waals surface area contributed by atoms with Crippen molar-refractivity contribution in [1.82, 2.24) is 4.98 Å². The Morgan fingerprint density at radius 2 is 1.83 bits per heavy atom. The second-order valence-electron chi connectivity index (χ2n) is 7.67. The van der Waals surface area contributed by atoms with Gasteiger partial charge in [-0.1, -0.05) is 49.4 Å². The number of benzene rings is 3. The highest BCUT2D eigenvalue weighted by Crippen LogP contribution is 2.37. The average molecular weight is 482 g/mol. The van der Waals surface area contributed by atoms with Crippen LogP contribution in [0.15, 0.2) is 78.3 Å². The van der Waals surface area contributed by atoms with E-state index >= 15 is 0 Å². The molecule has 4 rings (SSSR count). The molecule has 0 unspecified atom stereocenters. The van der Waals surface area contributed by atoms with E-state index in [1.807, 2.05) is 48.0 Å². The zero-order valence-electron chi connectivity index (χ0n) is 19.0. The van der Waals surface area contributed by atoms with Crippen LogP contribution in [-0.2, 0) is 4.79 Å². The lowest BCUT2D eigenvalue weighted by Crippen LogP contribution is -2.07. The molecule has 7 heteroatoms. The molecule has 1 heterocycles. The van der Waals surface area contributed by atoms with Crippen molar-refractivity contribution in [1.29, 1.82) is 10.8 Å². The molecule has 0 aliphatic carbocycles. The lowest BCUT2D eigenvalue weighted by Gasteiger charge is -2.17. The number of allylic oxidation sites excluding steroid dienone is 1. The Kier molecular flexibility index (Phi) is 7.28. The van der Waals surface area contributed by atoms with Gasteiger partial charge in [-0.2, -0.15) is 0 Å². The fourth-order valence-corrected chi connectivity index (χ4v) is 4.54. The van der Waals surface area contributed by atoms with Gasteiger partial charge in [-0.3, -0.25) is 5.41 Å². The van der Waals surface area contributed by atoms with Gasteiger partial charge in [0.1, 0.15) is 5.75 Å². The summed E-state index contributed by atoms with van der Waals surface area (Å²) in [6, 6.07) is 21.5. The summed E-state index contributed by atoms with van der Waals surface area (Å²) in [5.41, 5.74) is 8.64. The number of carboxylic acids is 1. The standard InChI is InChI=1S/C28H23N3O3S/c1-2-23(20-4-3-5-22(14-20)34-26(30)16-29)28(21-11-12-25-24(15-21)31-17-35-25)19-9-6-18(7-10-19)8-13-27(32)33/h3-17,29-30H,2H2,1H3,(H,32,33). The first kappa shape index (κ1) is 23.8. The number of carbonyl (C=O) groups is 1. The second kappa shape index (κ2) is 10.7. The van der Waals surface area contributed by atoms with Crippen LogP contribution in [0, 0.1) is 10.8 Å². The van der Waals surface area contributed by atoms with E-state index in [0.29, 0.717) is 5.75 Å². The van der Waals surface area contributed by atoms with Crippen LogP contribution < -0.4 is 4.74 Å². The number of aromatic nitrogens is 1. The van der Waals surface area contributed by atoms with E-state index in [-0.39, 0.29) is 5.90 Å². The third-order valence-corrected chi connectivity index (χ3v) is 6.24. The Labute approximate surface area is 206 Å². The maximum Gasteiger partial charge on any atom is 0.328 e. The van der Waals surface area contributed by atoms with Gasteiger partial charge < -0.3 is 15.3 Å². The first-order chi connectivity index (χ1) is 17.0. The molecular weight excluding hydrogens is 458 g/mol. The Hall–Kier alpha value is -4.36. The minimum Gasteiger partial charge on any atom is -0.478 e. The number of aliphatic carboxylic acids is 1. The molecular formula is C28H23N3O3S. The van der Waals surface area contributed by atoms with Gasteiger partial charge in [-0.25, -0.2) is 9.78 Å². The number of thiazole rings is 1. The van der Waals surface area contributed by atoms with Crippen molar-refractivity contribution in [3.05, 3.63) is 101 Å². The number of hydrogen-bond donors (Lipinski definition) is 3. The molecule has 3 N–H and O–H groups in total. The second-order valence-corrected chi connectivity index (χ2v) is 8.56. The van der Waals surface area contributed by atoms with Crippen LogP contribution >= 0.6 is 11.3 Å². The Morgan fingerprint density at radius 3 is 2.54 bits per heavy atom. The molecule has 0 bridgehead atoms. The molecule has 0 amide bonds. The number of hydrogen-bond acceptors (Lipinski definition) is 6. The van der Waals surface area contributed by atoms with E-state index in [0.717, 1.165) is 62.3 Å². The lowest BCUT2D eigenvalue weighted by molar-refractivity contribution is -0.131. The quantitative estimate of drug-likeness (QED) is 0.112. The van der Waals surface area contributed by atoms with E-state index in [1.54, 1.807) is 23.5 Å². The normalized spacial score (nSPS) is 11.9. The van der Waals surface area contributed by atoms with E-state index < -0.39 is 5.97 Å². The van der Waals surface area contributed by atoms with Crippen LogP contribution in [0.25, 0.3) is 27.4 Å². The molecule has 0 spiro atoms. The number of rotatable bonds is 8. The minimum atomic E-state index is -0.988. The van der Waals surface area contributed by atoms with Gasteiger partial charge in [0.15, 0.2) is 0 Å². The summed E-state index contributed by atoms with van der Waals surface area (Å²) in [6.07, 6.45) is 4.28. The highest BCUT2D eigenvalue weighted by Gasteiger charge is 2.15. The van der Waals surface area contributed by atoms with Crippen LogP contribution in [0.5, 0.6) is 5.75 Å². The van der Waals surface area contributed by atoms with Crippen LogP contribution in [-0.4, -0.2) is 28.2 Å². The van der Waals surface area contributed by atoms with Crippen molar-refractivity contribution in [2.45, 2.75) is 13.3 Å². The van der Waals surface area contributed by atoms with E-state index in [9.17, 15) is 4.79 Å². The summed E-state index contributed by atoms with van der Waals surface area (Å²) < 4.78 is 6.56. The van der Waals surface area contributed by atoms with Gasteiger partial charge in [0.05, 0.1) is 21.9 Å². The molecule has 0 saturated carbocycles. The smallest absolute Gasteiger partial charge is 0.328 e. The maximum atomic E-state index is 10.9. The summed E-state index contributed by atoms with van der Waals surface area (Å²) >= 11 is 1.60. The number of nitrogens with zero attached hydrogens (tertiary/aromatic N) is 1. The van der Waals surface area contributed by atoms with E-state index in [2.05, 4.69) is 30.1 Å². The zero-order chi connectivity index (χ0) is 24.8. The van der Waals surface area contributed by atoms with Crippen LogP contribution in [0.4, 0.5) is 0 Å².